The number of fused-ring (bicyclic) bond motifs is 1. The average Bonchev–Trinajstić information content (AvgIpc) is 3.20. The topological polar surface area (TPSA) is 98.3 Å². The molecule has 1 aromatic heterocycles. The highest BCUT2D eigenvalue weighted by Gasteiger charge is 2.45. The summed E-state index contributed by atoms with van der Waals surface area (Å²) in [6, 6.07) is 0. The molecular weight excluding hydrogens is 392 g/mol. The molecule has 0 saturated heterocycles. The Balaban J connectivity index is 1.84. The van der Waals surface area contributed by atoms with Gasteiger partial charge >= 0.3 is 11.9 Å². The lowest BCUT2D eigenvalue weighted by Crippen LogP contribution is -3.03. The molecule has 29 heavy (non-hydrogen) atoms. The van der Waals surface area contributed by atoms with E-state index < -0.39 is 11.9 Å². The van der Waals surface area contributed by atoms with E-state index in [2.05, 4.69) is 38.3 Å². The van der Waals surface area contributed by atoms with Gasteiger partial charge < -0.3 is 20.1 Å². The van der Waals surface area contributed by atoms with E-state index in [1.54, 1.807) is 6.92 Å². The van der Waals surface area contributed by atoms with Gasteiger partial charge in [0, 0.05) is 6.42 Å². The van der Waals surface area contributed by atoms with Crippen molar-refractivity contribution < 1.29 is 29.2 Å². The van der Waals surface area contributed by atoms with Crippen LogP contribution in [0, 0.1) is 11.8 Å². The van der Waals surface area contributed by atoms with Crippen molar-refractivity contribution >= 4 is 34.2 Å². The summed E-state index contributed by atoms with van der Waals surface area (Å²) in [5.41, 5.74) is 1.04. The van der Waals surface area contributed by atoms with Crippen LogP contribution in [0.2, 0.25) is 0 Å². The van der Waals surface area contributed by atoms with Crippen LogP contribution in [0.4, 0.5) is 5.00 Å². The van der Waals surface area contributed by atoms with E-state index in [1.165, 1.54) is 11.3 Å². The predicted molar refractivity (Wildman–Crippen MR) is 110 cm³/mol. The molecule has 0 radical (unpaired) electrons. The van der Waals surface area contributed by atoms with Gasteiger partial charge in [-0.05, 0) is 52.5 Å². The monoisotopic (exact) mass is 423 g/mol. The summed E-state index contributed by atoms with van der Waals surface area (Å²) in [5.74, 6) is -0.979. The summed E-state index contributed by atoms with van der Waals surface area (Å²) < 4.78 is 10.4. The Morgan fingerprint density at radius 2 is 1.86 bits per heavy atom. The van der Waals surface area contributed by atoms with Crippen LogP contribution in [0.3, 0.4) is 0 Å². The lowest BCUT2D eigenvalue weighted by Gasteiger charge is -2.38. The second-order valence-corrected chi connectivity index (χ2v) is 10.4. The Labute approximate surface area is 175 Å². The van der Waals surface area contributed by atoms with Crippen LogP contribution in [0.15, 0.2) is 0 Å². The van der Waals surface area contributed by atoms with Gasteiger partial charge in [0.25, 0.3) is 5.91 Å². The third-order valence-electron chi connectivity index (χ3n) is 5.47. The van der Waals surface area contributed by atoms with Crippen molar-refractivity contribution in [3.8, 4) is 0 Å². The molecule has 160 valence electrons. The van der Waals surface area contributed by atoms with Crippen molar-refractivity contribution in [2.75, 3.05) is 18.5 Å². The first-order valence-electron chi connectivity index (χ1n) is 10.1. The van der Waals surface area contributed by atoms with Gasteiger partial charge in [0.05, 0.1) is 28.5 Å². The summed E-state index contributed by atoms with van der Waals surface area (Å²) in [7, 11) is 0. The maximum Gasteiger partial charge on any atom is 0.341 e. The number of nitrogens with two attached hydrogens (primary N) is 1. The SMILES string of the molecule is CCOC(=O)c1c(NC(=O)COC(=O)[C@@H]2C[C@@H]2C)sc2c1CC(C)(C)[NH2+]C2(C)C. The fraction of sp³-hybridized carbons (Fsp3) is 0.667. The molecule has 2 aliphatic rings. The summed E-state index contributed by atoms with van der Waals surface area (Å²) >= 11 is 1.40. The molecule has 1 amide bonds. The van der Waals surface area contributed by atoms with E-state index in [-0.39, 0.29) is 36.2 Å². The molecule has 2 heterocycles. The minimum Gasteiger partial charge on any atom is -0.462 e. The van der Waals surface area contributed by atoms with Gasteiger partial charge in [0.15, 0.2) is 6.61 Å². The lowest BCUT2D eigenvalue weighted by atomic mass is 9.81. The smallest absolute Gasteiger partial charge is 0.341 e. The summed E-state index contributed by atoms with van der Waals surface area (Å²) in [6.07, 6.45) is 1.51. The number of amides is 1. The van der Waals surface area contributed by atoms with Gasteiger partial charge in [0.2, 0.25) is 0 Å². The summed E-state index contributed by atoms with van der Waals surface area (Å²) in [6.45, 7) is 12.1. The molecule has 0 spiro atoms. The summed E-state index contributed by atoms with van der Waals surface area (Å²) in [4.78, 5) is 38.1. The zero-order valence-electron chi connectivity index (χ0n) is 18.0. The highest BCUT2D eigenvalue weighted by atomic mass is 32.1. The van der Waals surface area contributed by atoms with Gasteiger partial charge in [-0.15, -0.1) is 11.3 Å². The van der Waals surface area contributed by atoms with Crippen LogP contribution >= 0.6 is 11.3 Å². The third kappa shape index (κ3) is 4.64. The molecule has 1 fully saturated rings. The van der Waals surface area contributed by atoms with E-state index in [4.69, 9.17) is 9.47 Å². The molecule has 3 N–H and O–H groups in total. The summed E-state index contributed by atoms with van der Waals surface area (Å²) in [5, 5.41) is 5.54. The minimum atomic E-state index is -0.447. The first-order chi connectivity index (χ1) is 13.4. The Morgan fingerprint density at radius 3 is 2.45 bits per heavy atom. The van der Waals surface area contributed by atoms with Crippen molar-refractivity contribution in [3.63, 3.8) is 0 Å². The molecule has 8 heteroatoms. The van der Waals surface area contributed by atoms with Gasteiger partial charge in [0.1, 0.15) is 10.5 Å². The van der Waals surface area contributed by atoms with Crippen molar-refractivity contribution in [3.05, 3.63) is 16.0 Å². The zero-order valence-corrected chi connectivity index (χ0v) is 18.8. The van der Waals surface area contributed by atoms with E-state index in [9.17, 15) is 14.4 Å². The molecular formula is C21H31N2O5S+. The molecule has 1 aliphatic carbocycles. The number of hydrogen-bond donors (Lipinski definition) is 2. The van der Waals surface area contributed by atoms with Crippen LogP contribution in [0.25, 0.3) is 0 Å². The largest absolute Gasteiger partial charge is 0.462 e. The molecule has 7 nitrogen and oxygen atoms in total. The molecule has 0 unspecified atom stereocenters. The molecule has 0 bridgehead atoms. The van der Waals surface area contributed by atoms with Crippen molar-refractivity contribution in [2.24, 2.45) is 11.8 Å². The van der Waals surface area contributed by atoms with E-state index in [0.29, 0.717) is 22.9 Å². The van der Waals surface area contributed by atoms with Crippen LogP contribution in [-0.4, -0.2) is 36.6 Å². The molecule has 1 saturated carbocycles. The molecule has 3 rings (SSSR count). The normalized spacial score (nSPS) is 23.7. The maximum atomic E-state index is 12.7. The standard InChI is InChI=1S/C21H30N2O5S/c1-7-27-19(26)15-13-9-20(3,4)23-21(5,6)16(13)29-17(15)22-14(24)10-28-18(25)12-8-11(12)2/h11-12,23H,7-10H2,1-6H3,(H,22,24)/p+1/t11-,12+/m0/s1. The van der Waals surface area contributed by atoms with Gasteiger partial charge in [-0.3, -0.25) is 9.59 Å². The number of quaternary nitrogens is 1. The number of nitrogens with one attached hydrogen (secondary N) is 1. The number of hydrogen-bond acceptors (Lipinski definition) is 6. The van der Waals surface area contributed by atoms with E-state index in [1.807, 2.05) is 6.92 Å². The number of thiophene rings is 1. The Hall–Kier alpha value is -1.93. The van der Waals surface area contributed by atoms with Crippen molar-refractivity contribution in [1.82, 2.24) is 0 Å². The van der Waals surface area contributed by atoms with Crippen LogP contribution in [0.5, 0.6) is 0 Å². The highest BCUT2D eigenvalue weighted by molar-refractivity contribution is 7.17. The highest BCUT2D eigenvalue weighted by Crippen LogP contribution is 2.42. The molecule has 2 atom stereocenters. The van der Waals surface area contributed by atoms with Crippen molar-refractivity contribution in [2.45, 2.75) is 65.5 Å². The second kappa shape index (κ2) is 7.72. The number of rotatable bonds is 6. The fourth-order valence-electron chi connectivity index (χ4n) is 4.27. The molecule has 0 aromatic carbocycles. The van der Waals surface area contributed by atoms with Crippen LogP contribution in [-0.2, 0) is 31.0 Å². The minimum absolute atomic E-state index is 0.0867. The van der Waals surface area contributed by atoms with E-state index >= 15 is 0 Å². The quantitative estimate of drug-likeness (QED) is 0.684. The lowest BCUT2D eigenvalue weighted by molar-refractivity contribution is -0.789. The first kappa shape index (κ1) is 21.8. The Morgan fingerprint density at radius 1 is 1.21 bits per heavy atom. The predicted octanol–water partition coefficient (Wildman–Crippen LogP) is 2.20. The maximum absolute atomic E-state index is 12.7. The number of ether oxygens (including phenoxy) is 2. The van der Waals surface area contributed by atoms with Crippen LogP contribution in [0.1, 0.15) is 68.8 Å². The third-order valence-corrected chi connectivity index (χ3v) is 6.95. The fourth-order valence-corrected chi connectivity index (χ4v) is 5.56. The van der Waals surface area contributed by atoms with Crippen LogP contribution < -0.4 is 10.6 Å². The molecule has 1 aromatic rings. The van der Waals surface area contributed by atoms with Gasteiger partial charge in [-0.25, -0.2) is 4.79 Å². The first-order valence-corrected chi connectivity index (χ1v) is 10.9. The van der Waals surface area contributed by atoms with Gasteiger partial charge in [-0.2, -0.15) is 0 Å². The Kier molecular flexibility index (Phi) is 5.80. The number of esters is 2. The Bertz CT molecular complexity index is 842. The van der Waals surface area contributed by atoms with Gasteiger partial charge in [-0.1, -0.05) is 6.92 Å². The second-order valence-electron chi connectivity index (χ2n) is 9.34. The van der Waals surface area contributed by atoms with Crippen molar-refractivity contribution in [1.29, 1.82) is 0 Å². The van der Waals surface area contributed by atoms with E-state index in [0.717, 1.165) is 16.9 Å². The number of anilines is 1. The average molecular weight is 424 g/mol. The number of carbonyl (C=O) groups is 3. The number of carbonyl (C=O) groups excluding carboxylic acids is 3. The zero-order chi connectivity index (χ0) is 21.6. The molecule has 1 aliphatic heterocycles.